The van der Waals surface area contributed by atoms with Gasteiger partial charge in [-0.1, -0.05) is 164 Å². The monoisotopic (exact) mass is 679 g/mol. The van der Waals surface area contributed by atoms with Crippen molar-refractivity contribution in [2.45, 2.75) is 12.8 Å². The second-order valence-corrected chi connectivity index (χ2v) is 13.5. The van der Waals surface area contributed by atoms with Gasteiger partial charge in [-0.3, -0.25) is 0 Å². The van der Waals surface area contributed by atoms with Crippen LogP contribution in [0.15, 0.2) is 174 Å². The fraction of sp³-hybridized carbons (Fsp3) is 0.0408. The van der Waals surface area contributed by atoms with Crippen molar-refractivity contribution in [1.82, 2.24) is 15.0 Å². The average molecular weight is 680 g/mol. The van der Waals surface area contributed by atoms with Crippen molar-refractivity contribution in [2.24, 2.45) is 0 Å². The number of benzene rings is 6. The summed E-state index contributed by atoms with van der Waals surface area (Å²) in [6.45, 7) is 0. The van der Waals surface area contributed by atoms with E-state index in [0.717, 1.165) is 61.9 Å². The number of hydrogen-bond acceptors (Lipinski definition) is 4. The number of aromatic nitrogens is 3. The molecule has 0 bridgehead atoms. The molecule has 2 aliphatic rings. The van der Waals surface area contributed by atoms with E-state index in [1.165, 1.54) is 27.6 Å². The molecule has 4 nitrogen and oxygen atoms in total. The number of fused-ring (bicyclic) bond motifs is 5. The third-order valence-corrected chi connectivity index (χ3v) is 10.2. The van der Waals surface area contributed by atoms with Gasteiger partial charge in [0.05, 0.1) is 0 Å². The maximum atomic E-state index is 6.64. The van der Waals surface area contributed by atoms with Crippen molar-refractivity contribution in [1.29, 1.82) is 0 Å². The average Bonchev–Trinajstić information content (AvgIpc) is 3.85. The van der Waals surface area contributed by atoms with Gasteiger partial charge in [-0.05, 0) is 57.3 Å². The molecule has 0 amide bonds. The molecular formula is C49H33N3O. The van der Waals surface area contributed by atoms with Crippen LogP contribution in [0, 0.1) is 0 Å². The SMILES string of the molecule is C1=CCC(c2cccc(-c3nc(-c4ccccc4)nc(-c4ccc(C5=CCc6oc7c(cc(-c8ccccc8)c8ccccc87)c6C=C5)cc4)n3)c2)=C1. The summed E-state index contributed by atoms with van der Waals surface area (Å²) in [7, 11) is 0. The van der Waals surface area contributed by atoms with Crippen molar-refractivity contribution >= 4 is 39.0 Å². The second-order valence-electron chi connectivity index (χ2n) is 13.5. The molecule has 6 aromatic carbocycles. The summed E-state index contributed by atoms with van der Waals surface area (Å²) in [5, 5.41) is 3.48. The lowest BCUT2D eigenvalue weighted by Crippen LogP contribution is -2.00. The number of allylic oxidation sites excluding steroid dienone is 7. The van der Waals surface area contributed by atoms with Crippen LogP contribution in [0.3, 0.4) is 0 Å². The number of hydrogen-bond donors (Lipinski definition) is 0. The van der Waals surface area contributed by atoms with E-state index in [0.29, 0.717) is 23.9 Å². The minimum Gasteiger partial charge on any atom is -0.459 e. The topological polar surface area (TPSA) is 51.8 Å². The number of rotatable bonds is 6. The molecular weight excluding hydrogens is 647 g/mol. The number of nitrogens with zero attached hydrogens (tertiary/aromatic N) is 3. The maximum absolute atomic E-state index is 6.64. The van der Waals surface area contributed by atoms with Crippen LogP contribution in [0.1, 0.15) is 28.9 Å². The van der Waals surface area contributed by atoms with Gasteiger partial charge in [-0.2, -0.15) is 0 Å². The normalized spacial score (nSPS) is 13.6. The highest BCUT2D eigenvalue weighted by molar-refractivity contribution is 6.14. The van der Waals surface area contributed by atoms with E-state index < -0.39 is 0 Å². The summed E-state index contributed by atoms with van der Waals surface area (Å²) >= 11 is 0. The van der Waals surface area contributed by atoms with Gasteiger partial charge in [0, 0.05) is 39.4 Å². The van der Waals surface area contributed by atoms with Crippen molar-refractivity contribution in [2.75, 3.05) is 0 Å². The van der Waals surface area contributed by atoms with E-state index in [4.69, 9.17) is 19.4 Å². The predicted molar refractivity (Wildman–Crippen MR) is 218 cm³/mol. The summed E-state index contributed by atoms with van der Waals surface area (Å²) in [5.74, 6) is 2.93. The first-order valence-corrected chi connectivity index (χ1v) is 18.0. The highest BCUT2D eigenvalue weighted by Gasteiger charge is 2.19. The Morgan fingerprint density at radius 2 is 1.09 bits per heavy atom. The molecule has 10 rings (SSSR count). The highest BCUT2D eigenvalue weighted by Crippen LogP contribution is 2.41. The fourth-order valence-corrected chi connectivity index (χ4v) is 7.52. The van der Waals surface area contributed by atoms with Crippen molar-refractivity contribution < 1.29 is 4.42 Å². The van der Waals surface area contributed by atoms with E-state index in [-0.39, 0.29) is 0 Å². The maximum Gasteiger partial charge on any atom is 0.164 e. The summed E-state index contributed by atoms with van der Waals surface area (Å²) in [4.78, 5) is 15.0. The van der Waals surface area contributed by atoms with E-state index in [1.54, 1.807) is 0 Å². The van der Waals surface area contributed by atoms with Crippen LogP contribution in [0.2, 0.25) is 0 Å². The zero-order valence-electron chi connectivity index (χ0n) is 28.9. The van der Waals surface area contributed by atoms with Gasteiger partial charge < -0.3 is 4.42 Å². The summed E-state index contributed by atoms with van der Waals surface area (Å²) in [5.41, 5.74) is 12.1. The third-order valence-electron chi connectivity index (χ3n) is 10.2. The van der Waals surface area contributed by atoms with Crippen LogP contribution in [-0.4, -0.2) is 15.0 Å². The van der Waals surface area contributed by atoms with Crippen LogP contribution < -0.4 is 0 Å². The van der Waals surface area contributed by atoms with Crippen molar-refractivity contribution in [3.8, 4) is 45.3 Å². The molecule has 2 aromatic heterocycles. The Balaban J connectivity index is 0.995. The lowest BCUT2D eigenvalue weighted by Gasteiger charge is -2.10. The molecule has 4 heteroatoms. The van der Waals surface area contributed by atoms with Gasteiger partial charge in [0.2, 0.25) is 0 Å². The highest BCUT2D eigenvalue weighted by atomic mass is 16.3. The van der Waals surface area contributed by atoms with Crippen molar-refractivity contribution in [3.05, 3.63) is 192 Å². The predicted octanol–water partition coefficient (Wildman–Crippen LogP) is 12.4. The molecule has 0 saturated heterocycles. The molecule has 0 aliphatic heterocycles. The lowest BCUT2D eigenvalue weighted by atomic mass is 9.95. The Labute approximate surface area is 307 Å². The van der Waals surface area contributed by atoms with Gasteiger partial charge in [-0.15, -0.1) is 0 Å². The largest absolute Gasteiger partial charge is 0.459 e. The Bertz CT molecular complexity index is 2800. The zero-order valence-corrected chi connectivity index (χ0v) is 28.9. The second kappa shape index (κ2) is 13.0. The van der Waals surface area contributed by atoms with Gasteiger partial charge in [0.1, 0.15) is 11.3 Å². The van der Waals surface area contributed by atoms with Gasteiger partial charge in [0.25, 0.3) is 0 Å². The standard InChI is InChI=1S/C49H33N3O/c1-3-14-35(15-4-1)43-31-44-41-28-26-34(27-29-45(41)53-46(44)42-21-10-9-20-40(42)43)33-22-24-37(25-23-33)48-50-47(36-16-5-2-6-17-36)51-49(52-48)39-19-11-18-38(30-39)32-12-7-8-13-32/h1-12,14-28,30-31H,13,29H2. The van der Waals surface area contributed by atoms with Gasteiger partial charge in [0.15, 0.2) is 17.5 Å². The van der Waals surface area contributed by atoms with Crippen molar-refractivity contribution in [3.63, 3.8) is 0 Å². The first-order valence-electron chi connectivity index (χ1n) is 18.0. The van der Waals surface area contributed by atoms with Gasteiger partial charge in [-0.25, -0.2) is 15.0 Å². The summed E-state index contributed by atoms with van der Waals surface area (Å²) < 4.78 is 6.64. The van der Waals surface area contributed by atoms with Gasteiger partial charge >= 0.3 is 0 Å². The van der Waals surface area contributed by atoms with E-state index >= 15 is 0 Å². The van der Waals surface area contributed by atoms with Crippen LogP contribution >= 0.6 is 0 Å². The Morgan fingerprint density at radius 1 is 0.472 bits per heavy atom. The molecule has 250 valence electrons. The first-order chi connectivity index (χ1) is 26.2. The quantitative estimate of drug-likeness (QED) is 0.175. The van der Waals surface area contributed by atoms with Crippen LogP contribution in [-0.2, 0) is 6.42 Å². The Kier molecular flexibility index (Phi) is 7.58. The lowest BCUT2D eigenvalue weighted by molar-refractivity contribution is 0.567. The van der Waals surface area contributed by atoms with Crippen LogP contribution in [0.5, 0.6) is 0 Å². The molecule has 0 N–H and O–H groups in total. The molecule has 8 aromatic rings. The third kappa shape index (κ3) is 5.71. The molecule has 0 fully saturated rings. The smallest absolute Gasteiger partial charge is 0.164 e. The molecule has 0 radical (unpaired) electrons. The molecule has 2 heterocycles. The zero-order chi connectivity index (χ0) is 35.1. The molecule has 0 atom stereocenters. The molecule has 53 heavy (non-hydrogen) atoms. The summed E-state index contributed by atoms with van der Waals surface area (Å²) in [6.07, 6.45) is 14.8. The first kappa shape index (κ1) is 30.9. The number of furan rings is 1. The van der Waals surface area contributed by atoms with E-state index in [9.17, 15) is 0 Å². The minimum atomic E-state index is 0.644. The van der Waals surface area contributed by atoms with Crippen LogP contribution in [0.4, 0.5) is 0 Å². The van der Waals surface area contributed by atoms with E-state index in [1.807, 2.05) is 30.3 Å². The fourth-order valence-electron chi connectivity index (χ4n) is 7.52. The molecule has 2 aliphatic carbocycles. The van der Waals surface area contributed by atoms with Crippen LogP contribution in [0.25, 0.3) is 84.3 Å². The minimum absolute atomic E-state index is 0.644. The summed E-state index contributed by atoms with van der Waals surface area (Å²) in [6, 6.07) is 48.6. The Morgan fingerprint density at radius 3 is 1.83 bits per heavy atom. The molecule has 0 spiro atoms. The molecule has 0 saturated carbocycles. The molecule has 0 unspecified atom stereocenters. The Hall–Kier alpha value is -6.91. The van der Waals surface area contributed by atoms with E-state index in [2.05, 4.69) is 146 Å².